The summed E-state index contributed by atoms with van der Waals surface area (Å²) in [6.07, 6.45) is 3.84. The van der Waals surface area contributed by atoms with Crippen LogP contribution >= 0.6 is 11.8 Å². The van der Waals surface area contributed by atoms with E-state index in [1.54, 1.807) is 23.7 Å². The third-order valence-electron chi connectivity index (χ3n) is 5.65. The number of hydrogen-bond acceptors (Lipinski definition) is 5. The largest absolute Gasteiger partial charge is 0.448 e. The molecule has 0 radical (unpaired) electrons. The molecule has 32 heavy (non-hydrogen) atoms. The zero-order valence-corrected chi connectivity index (χ0v) is 18.6. The van der Waals surface area contributed by atoms with Gasteiger partial charge in [-0.1, -0.05) is 30.3 Å². The van der Waals surface area contributed by atoms with Gasteiger partial charge in [-0.05, 0) is 23.8 Å². The summed E-state index contributed by atoms with van der Waals surface area (Å²) in [7, 11) is 3.74. The predicted octanol–water partition coefficient (Wildman–Crippen LogP) is 3.62. The topological polar surface area (TPSA) is 80.4 Å². The maximum absolute atomic E-state index is 13.1. The van der Waals surface area contributed by atoms with Crippen LogP contribution in [-0.2, 0) is 18.3 Å². The standard InChI is InChI=1S/C24H22N4O3S/c1-27-9-8-16-11-20-21(12-19(16)27)32-14-18(24(30)28(20)2)26-23(29)17-13-31-22(25-17)10-15-6-4-3-5-7-15/h3-9,11-13,18H,10,14H2,1-2H3,(H,26,29)/t18-/m0/s1. The quantitative estimate of drug-likeness (QED) is 0.518. The molecule has 0 unspecified atom stereocenters. The summed E-state index contributed by atoms with van der Waals surface area (Å²) in [6, 6.07) is 15.3. The van der Waals surface area contributed by atoms with Gasteiger partial charge in [0.2, 0.25) is 5.91 Å². The Bertz CT molecular complexity index is 1310. The number of fused-ring (bicyclic) bond motifs is 2. The van der Waals surface area contributed by atoms with E-state index in [0.717, 1.165) is 27.0 Å². The molecule has 8 heteroatoms. The third kappa shape index (κ3) is 3.78. The number of carbonyl (C=O) groups is 2. The van der Waals surface area contributed by atoms with E-state index in [4.69, 9.17) is 4.42 Å². The number of nitrogens with one attached hydrogen (secondary N) is 1. The number of rotatable bonds is 4. The van der Waals surface area contributed by atoms with Gasteiger partial charge >= 0.3 is 0 Å². The first-order chi connectivity index (χ1) is 15.5. The van der Waals surface area contributed by atoms with Gasteiger partial charge in [-0.2, -0.15) is 0 Å². The number of carbonyl (C=O) groups excluding carboxylic acids is 2. The van der Waals surface area contributed by atoms with E-state index < -0.39 is 11.9 Å². The van der Waals surface area contributed by atoms with Crippen molar-refractivity contribution < 1.29 is 14.0 Å². The van der Waals surface area contributed by atoms with E-state index in [9.17, 15) is 9.59 Å². The molecule has 1 atom stereocenters. The molecule has 0 saturated carbocycles. The van der Waals surface area contributed by atoms with Gasteiger partial charge in [-0.25, -0.2) is 4.98 Å². The fraction of sp³-hybridized carbons (Fsp3) is 0.208. The van der Waals surface area contributed by atoms with Crippen molar-refractivity contribution in [1.82, 2.24) is 14.9 Å². The number of benzene rings is 2. The normalized spacial score (nSPS) is 16.1. The maximum atomic E-state index is 13.1. The fourth-order valence-electron chi connectivity index (χ4n) is 3.86. The molecule has 3 heterocycles. The van der Waals surface area contributed by atoms with Crippen molar-refractivity contribution in [3.8, 4) is 0 Å². The van der Waals surface area contributed by atoms with Gasteiger partial charge < -0.3 is 19.2 Å². The Morgan fingerprint density at radius 1 is 1.22 bits per heavy atom. The van der Waals surface area contributed by atoms with E-state index in [0.29, 0.717) is 18.1 Å². The van der Waals surface area contributed by atoms with Crippen molar-refractivity contribution in [2.45, 2.75) is 17.4 Å². The van der Waals surface area contributed by atoms with Gasteiger partial charge in [0.25, 0.3) is 5.91 Å². The summed E-state index contributed by atoms with van der Waals surface area (Å²) in [5.41, 5.74) is 3.17. The van der Waals surface area contributed by atoms with Crippen LogP contribution in [0.1, 0.15) is 21.9 Å². The first-order valence-corrected chi connectivity index (χ1v) is 11.3. The molecule has 1 N–H and O–H groups in total. The molecule has 0 spiro atoms. The van der Waals surface area contributed by atoms with Crippen LogP contribution in [-0.4, -0.2) is 40.2 Å². The minimum absolute atomic E-state index is 0.159. The number of aromatic nitrogens is 2. The van der Waals surface area contributed by atoms with Crippen molar-refractivity contribution in [2.75, 3.05) is 17.7 Å². The van der Waals surface area contributed by atoms with Gasteiger partial charge in [0.15, 0.2) is 11.6 Å². The summed E-state index contributed by atoms with van der Waals surface area (Å²) in [5, 5.41) is 3.91. The van der Waals surface area contributed by atoms with Crippen LogP contribution in [0.4, 0.5) is 5.69 Å². The Hall–Kier alpha value is -3.52. The van der Waals surface area contributed by atoms with Crippen LogP contribution < -0.4 is 10.2 Å². The average molecular weight is 447 g/mol. The molecule has 162 valence electrons. The molecule has 2 aromatic heterocycles. The molecular weight excluding hydrogens is 424 g/mol. The van der Waals surface area contributed by atoms with Gasteiger partial charge in [-0.3, -0.25) is 9.59 Å². The van der Waals surface area contributed by atoms with Gasteiger partial charge in [0, 0.05) is 48.3 Å². The highest BCUT2D eigenvalue weighted by Gasteiger charge is 2.31. The fourth-order valence-corrected chi connectivity index (χ4v) is 4.97. The Morgan fingerprint density at radius 3 is 2.84 bits per heavy atom. The highest BCUT2D eigenvalue weighted by molar-refractivity contribution is 7.99. The van der Waals surface area contributed by atoms with E-state index in [1.807, 2.05) is 55.7 Å². The summed E-state index contributed by atoms with van der Waals surface area (Å²) >= 11 is 1.56. The number of aryl methyl sites for hydroxylation is 1. The summed E-state index contributed by atoms with van der Waals surface area (Å²) < 4.78 is 7.53. The summed E-state index contributed by atoms with van der Waals surface area (Å²) in [6.45, 7) is 0. The minimum atomic E-state index is -0.665. The number of likely N-dealkylation sites (N-methyl/N-ethyl adjacent to an activating group) is 1. The molecule has 0 bridgehead atoms. The monoisotopic (exact) mass is 446 g/mol. The lowest BCUT2D eigenvalue weighted by Crippen LogP contribution is -2.48. The van der Waals surface area contributed by atoms with Crippen molar-refractivity contribution >= 4 is 40.2 Å². The number of anilines is 1. The second kappa shape index (κ2) is 8.20. The number of thioether (sulfide) groups is 1. The minimum Gasteiger partial charge on any atom is -0.448 e. The van der Waals surface area contributed by atoms with Crippen LogP contribution in [0.2, 0.25) is 0 Å². The molecule has 1 aliphatic rings. The van der Waals surface area contributed by atoms with E-state index >= 15 is 0 Å². The van der Waals surface area contributed by atoms with Crippen LogP contribution in [0.15, 0.2) is 70.3 Å². The number of amides is 2. The van der Waals surface area contributed by atoms with Crippen LogP contribution in [0, 0.1) is 0 Å². The van der Waals surface area contributed by atoms with E-state index in [2.05, 4.69) is 20.9 Å². The highest BCUT2D eigenvalue weighted by Crippen LogP contribution is 2.37. The zero-order valence-electron chi connectivity index (χ0n) is 17.7. The Morgan fingerprint density at radius 2 is 2.03 bits per heavy atom. The SMILES string of the molecule is CN1C(=O)[C@@H](NC(=O)c2coc(Cc3ccccc3)n2)CSc2cc3c(ccn3C)cc21. The maximum Gasteiger partial charge on any atom is 0.273 e. The van der Waals surface area contributed by atoms with Gasteiger partial charge in [0.05, 0.1) is 5.69 Å². The van der Waals surface area contributed by atoms with Crippen LogP contribution in [0.25, 0.3) is 10.9 Å². The van der Waals surface area contributed by atoms with Gasteiger partial charge in [-0.15, -0.1) is 11.8 Å². The number of hydrogen-bond donors (Lipinski definition) is 1. The lowest BCUT2D eigenvalue weighted by molar-refractivity contribution is -0.119. The first-order valence-electron chi connectivity index (χ1n) is 10.3. The average Bonchev–Trinajstić information content (AvgIpc) is 3.39. The van der Waals surface area contributed by atoms with Crippen LogP contribution in [0.3, 0.4) is 0 Å². The first kappa shape index (κ1) is 20.4. The molecular formula is C24H22N4O3S. The lowest BCUT2D eigenvalue weighted by atomic mass is 10.1. The lowest BCUT2D eigenvalue weighted by Gasteiger charge is -2.21. The van der Waals surface area contributed by atoms with Crippen molar-refractivity contribution in [3.05, 3.63) is 78.1 Å². The van der Waals surface area contributed by atoms with E-state index in [1.165, 1.54) is 6.26 Å². The molecule has 5 rings (SSSR count). The molecule has 2 amide bonds. The van der Waals surface area contributed by atoms with E-state index in [-0.39, 0.29) is 11.6 Å². The molecule has 7 nitrogen and oxygen atoms in total. The third-order valence-corrected chi connectivity index (χ3v) is 6.79. The van der Waals surface area contributed by atoms with Crippen molar-refractivity contribution in [1.29, 1.82) is 0 Å². The molecule has 0 fully saturated rings. The Balaban J connectivity index is 1.32. The highest BCUT2D eigenvalue weighted by atomic mass is 32.2. The molecule has 2 aromatic carbocycles. The Labute approximate surface area is 189 Å². The summed E-state index contributed by atoms with van der Waals surface area (Å²) in [4.78, 5) is 32.8. The number of nitrogens with zero attached hydrogens (tertiary/aromatic N) is 3. The van der Waals surface area contributed by atoms with Crippen molar-refractivity contribution in [2.24, 2.45) is 7.05 Å². The van der Waals surface area contributed by atoms with Crippen LogP contribution in [0.5, 0.6) is 0 Å². The molecule has 1 aliphatic heterocycles. The molecule has 0 saturated heterocycles. The second-order valence-corrected chi connectivity index (χ2v) is 8.89. The predicted molar refractivity (Wildman–Crippen MR) is 124 cm³/mol. The van der Waals surface area contributed by atoms with Gasteiger partial charge in [0.1, 0.15) is 12.3 Å². The second-order valence-electron chi connectivity index (χ2n) is 7.83. The smallest absolute Gasteiger partial charge is 0.273 e. The summed E-state index contributed by atoms with van der Waals surface area (Å²) in [5.74, 6) is 0.315. The number of oxazole rings is 1. The van der Waals surface area contributed by atoms with Crippen molar-refractivity contribution in [3.63, 3.8) is 0 Å². The molecule has 0 aliphatic carbocycles. The Kier molecular flexibility index (Phi) is 5.22. The zero-order chi connectivity index (χ0) is 22.2. The molecule has 4 aromatic rings.